The van der Waals surface area contributed by atoms with Crippen LogP contribution in [-0.2, 0) is 4.79 Å². The minimum absolute atomic E-state index is 0.392. The van der Waals surface area contributed by atoms with Crippen molar-refractivity contribution in [1.82, 2.24) is 0 Å². The molecule has 0 spiro atoms. The zero-order chi connectivity index (χ0) is 20.4. The standard InChI is InChI=1S/C29H46O/c1-3-18-6-20(18)8-22-10-24(22)12-26-14-28(26)16-29-15-27(29)13-25-11-23(25)9-21-7-19(21)5-4-17(2)30/h18-29H,3-16H2,1-2H3. The van der Waals surface area contributed by atoms with E-state index in [0.717, 1.165) is 77.4 Å². The van der Waals surface area contributed by atoms with Gasteiger partial charge < -0.3 is 4.79 Å². The van der Waals surface area contributed by atoms with Crippen LogP contribution in [0.2, 0.25) is 0 Å². The van der Waals surface area contributed by atoms with Crippen LogP contribution in [0.4, 0.5) is 0 Å². The van der Waals surface area contributed by atoms with Crippen LogP contribution in [0.5, 0.6) is 0 Å². The Bertz CT molecular complexity index is 653. The van der Waals surface area contributed by atoms with E-state index in [-0.39, 0.29) is 0 Å². The lowest BCUT2D eigenvalue weighted by atomic mass is 10.0. The van der Waals surface area contributed by atoms with E-state index in [1.54, 1.807) is 64.7 Å². The molecule has 0 aromatic carbocycles. The fraction of sp³-hybridized carbons (Fsp3) is 0.966. The summed E-state index contributed by atoms with van der Waals surface area (Å²) in [6.45, 7) is 4.14. The quantitative estimate of drug-likeness (QED) is 0.289. The largest absolute Gasteiger partial charge is 0.300 e. The van der Waals surface area contributed by atoms with Gasteiger partial charge in [-0.25, -0.2) is 0 Å². The zero-order valence-corrected chi connectivity index (χ0v) is 19.7. The third-order valence-corrected chi connectivity index (χ3v) is 10.8. The Morgan fingerprint density at radius 3 is 1.17 bits per heavy atom. The van der Waals surface area contributed by atoms with E-state index in [2.05, 4.69) is 6.92 Å². The third-order valence-electron chi connectivity index (χ3n) is 10.8. The fourth-order valence-corrected chi connectivity index (χ4v) is 7.94. The van der Waals surface area contributed by atoms with Crippen molar-refractivity contribution in [3.05, 3.63) is 0 Å². The third kappa shape index (κ3) is 5.01. The van der Waals surface area contributed by atoms with Gasteiger partial charge in [0.1, 0.15) is 5.78 Å². The van der Waals surface area contributed by atoms with E-state index in [0.29, 0.717) is 5.78 Å². The van der Waals surface area contributed by atoms with Crippen LogP contribution in [0.3, 0.4) is 0 Å². The summed E-state index contributed by atoms with van der Waals surface area (Å²) < 4.78 is 0. The molecule has 1 heteroatoms. The van der Waals surface area contributed by atoms with Gasteiger partial charge in [0.05, 0.1) is 0 Å². The van der Waals surface area contributed by atoms with Gasteiger partial charge in [0.15, 0.2) is 0 Å². The Hall–Kier alpha value is -0.330. The monoisotopic (exact) mass is 410 g/mol. The number of Topliss-reactive ketones (excluding diaryl/α,β-unsaturated/α-hetero) is 1. The lowest BCUT2D eigenvalue weighted by Crippen LogP contribution is -1.94. The molecule has 168 valence electrons. The molecule has 0 amide bonds. The summed E-state index contributed by atoms with van der Waals surface area (Å²) in [5, 5.41) is 0. The number of hydrogen-bond donors (Lipinski definition) is 0. The molecule has 1 nitrogen and oxygen atoms in total. The molecule has 12 atom stereocenters. The molecule has 0 aliphatic heterocycles. The molecule has 0 aromatic rings. The topological polar surface area (TPSA) is 17.1 Å². The van der Waals surface area contributed by atoms with E-state index >= 15 is 0 Å². The summed E-state index contributed by atoms with van der Waals surface area (Å²) in [5.41, 5.74) is 0. The van der Waals surface area contributed by atoms with Crippen LogP contribution < -0.4 is 0 Å². The number of carbonyl (C=O) groups is 1. The lowest BCUT2D eigenvalue weighted by molar-refractivity contribution is -0.117. The second-order valence-electron chi connectivity index (χ2n) is 13.4. The first kappa shape index (κ1) is 20.3. The molecule has 6 aliphatic carbocycles. The van der Waals surface area contributed by atoms with Crippen LogP contribution in [0.15, 0.2) is 0 Å². The summed E-state index contributed by atoms with van der Waals surface area (Å²) in [6, 6.07) is 0. The first-order valence-electron chi connectivity index (χ1n) is 14.1. The van der Waals surface area contributed by atoms with E-state index in [1.165, 1.54) is 25.7 Å². The average Bonchev–Trinajstić information content (AvgIpc) is 3.52. The zero-order valence-electron chi connectivity index (χ0n) is 19.7. The number of hydrogen-bond acceptors (Lipinski definition) is 1. The highest BCUT2D eigenvalue weighted by Crippen LogP contribution is 2.62. The first-order valence-corrected chi connectivity index (χ1v) is 14.1. The Morgan fingerprint density at radius 2 is 0.833 bits per heavy atom. The van der Waals surface area contributed by atoms with Gasteiger partial charge in [-0.1, -0.05) is 13.3 Å². The van der Waals surface area contributed by atoms with E-state index in [4.69, 9.17) is 0 Å². The molecular weight excluding hydrogens is 364 g/mol. The van der Waals surface area contributed by atoms with Crippen LogP contribution in [0.1, 0.15) is 104 Å². The summed E-state index contributed by atoms with van der Waals surface area (Å²) in [7, 11) is 0. The molecule has 6 fully saturated rings. The maximum Gasteiger partial charge on any atom is 0.129 e. The Balaban J connectivity index is 0.806. The van der Waals surface area contributed by atoms with E-state index < -0.39 is 0 Å². The second kappa shape index (κ2) is 7.91. The molecule has 12 unspecified atom stereocenters. The average molecular weight is 411 g/mol. The van der Waals surface area contributed by atoms with Crippen molar-refractivity contribution >= 4 is 5.78 Å². The molecule has 0 saturated heterocycles. The predicted molar refractivity (Wildman–Crippen MR) is 123 cm³/mol. The van der Waals surface area contributed by atoms with Gasteiger partial charge in [-0.3, -0.25) is 0 Å². The maximum absolute atomic E-state index is 11.2. The van der Waals surface area contributed by atoms with E-state index in [1.807, 2.05) is 0 Å². The van der Waals surface area contributed by atoms with Gasteiger partial charge in [-0.05, 0) is 155 Å². The van der Waals surface area contributed by atoms with Crippen molar-refractivity contribution in [2.24, 2.45) is 71.0 Å². The SMILES string of the molecule is CCC1CC1CC1CC1CC1CC1CC1CC1CC1CC1CC1CC1CCC(C)=O. The van der Waals surface area contributed by atoms with Crippen LogP contribution >= 0.6 is 0 Å². The molecule has 30 heavy (non-hydrogen) atoms. The molecule has 6 saturated carbocycles. The molecule has 0 N–H and O–H groups in total. The summed E-state index contributed by atoms with van der Waals surface area (Å²) in [6.07, 6.45) is 20.7. The molecule has 0 bridgehead atoms. The highest BCUT2D eigenvalue weighted by atomic mass is 16.1. The highest BCUT2D eigenvalue weighted by molar-refractivity contribution is 5.75. The molecular formula is C29H46O. The number of rotatable bonds is 14. The van der Waals surface area contributed by atoms with Gasteiger partial charge in [0, 0.05) is 6.42 Å². The van der Waals surface area contributed by atoms with Gasteiger partial charge in [0.25, 0.3) is 0 Å². The van der Waals surface area contributed by atoms with Crippen molar-refractivity contribution < 1.29 is 4.79 Å². The normalized spacial score (nSPS) is 52.1. The molecule has 6 rings (SSSR count). The second-order valence-corrected chi connectivity index (χ2v) is 13.4. The minimum atomic E-state index is 0.392. The number of carbonyl (C=O) groups excluding carboxylic acids is 1. The van der Waals surface area contributed by atoms with Crippen LogP contribution in [0.25, 0.3) is 0 Å². The summed E-state index contributed by atoms with van der Waals surface area (Å²) >= 11 is 0. The Labute approximate surface area is 185 Å². The molecule has 0 radical (unpaired) electrons. The van der Waals surface area contributed by atoms with Crippen LogP contribution in [0, 0.1) is 71.0 Å². The number of ketones is 1. The molecule has 0 heterocycles. The maximum atomic E-state index is 11.2. The smallest absolute Gasteiger partial charge is 0.129 e. The van der Waals surface area contributed by atoms with Crippen molar-refractivity contribution in [2.45, 2.75) is 104 Å². The van der Waals surface area contributed by atoms with Crippen molar-refractivity contribution in [3.8, 4) is 0 Å². The molecule has 6 aliphatic rings. The van der Waals surface area contributed by atoms with Crippen molar-refractivity contribution in [1.29, 1.82) is 0 Å². The summed E-state index contributed by atoms with van der Waals surface area (Å²) in [4.78, 5) is 11.2. The van der Waals surface area contributed by atoms with Crippen LogP contribution in [-0.4, -0.2) is 5.78 Å². The Kier molecular flexibility index (Phi) is 5.35. The Morgan fingerprint density at radius 1 is 0.533 bits per heavy atom. The minimum Gasteiger partial charge on any atom is -0.300 e. The van der Waals surface area contributed by atoms with Gasteiger partial charge >= 0.3 is 0 Å². The molecule has 0 aromatic heterocycles. The van der Waals surface area contributed by atoms with Crippen molar-refractivity contribution in [3.63, 3.8) is 0 Å². The highest BCUT2D eigenvalue weighted by Gasteiger charge is 2.52. The van der Waals surface area contributed by atoms with Gasteiger partial charge in [-0.2, -0.15) is 0 Å². The van der Waals surface area contributed by atoms with Gasteiger partial charge in [-0.15, -0.1) is 0 Å². The van der Waals surface area contributed by atoms with Crippen molar-refractivity contribution in [2.75, 3.05) is 0 Å². The fourth-order valence-electron chi connectivity index (χ4n) is 7.94. The predicted octanol–water partition coefficient (Wildman–Crippen LogP) is 7.53. The van der Waals surface area contributed by atoms with E-state index in [9.17, 15) is 4.79 Å². The lowest BCUT2D eigenvalue weighted by Gasteiger charge is -2.03. The first-order chi connectivity index (χ1) is 14.6. The van der Waals surface area contributed by atoms with Gasteiger partial charge in [0.2, 0.25) is 0 Å². The summed E-state index contributed by atoms with van der Waals surface area (Å²) in [5.74, 6) is 13.6.